The van der Waals surface area contributed by atoms with Gasteiger partial charge in [-0.15, -0.1) is 0 Å². The van der Waals surface area contributed by atoms with Gasteiger partial charge in [-0.2, -0.15) is 24.7 Å². The molecule has 0 amide bonds. The molecule has 2 aromatic rings. The first kappa shape index (κ1) is 13.7. The molecule has 8 heteroatoms. The molecule has 0 aliphatic carbocycles. The molecule has 102 valence electrons. The van der Waals surface area contributed by atoms with Crippen molar-refractivity contribution in [1.82, 2.24) is 29.7 Å². The van der Waals surface area contributed by atoms with Crippen molar-refractivity contribution < 1.29 is 0 Å². The van der Waals surface area contributed by atoms with Crippen LogP contribution < -0.4 is 5.32 Å². The Kier molecular flexibility index (Phi) is 3.98. The average molecular weight is 279 g/mol. The fourth-order valence-corrected chi connectivity index (χ4v) is 2.12. The van der Waals surface area contributed by atoms with E-state index in [-0.39, 0.29) is 4.75 Å². The molecule has 0 saturated heterocycles. The molecule has 2 heterocycles. The van der Waals surface area contributed by atoms with Gasteiger partial charge in [0.05, 0.1) is 0 Å². The highest BCUT2D eigenvalue weighted by Crippen LogP contribution is 2.29. The molecular formula is C11H17N7S. The van der Waals surface area contributed by atoms with Crippen molar-refractivity contribution in [2.24, 2.45) is 0 Å². The van der Waals surface area contributed by atoms with Crippen LogP contribution in [0.15, 0.2) is 17.8 Å². The van der Waals surface area contributed by atoms with E-state index in [0.29, 0.717) is 17.1 Å². The maximum atomic E-state index is 4.40. The van der Waals surface area contributed by atoms with E-state index in [2.05, 4.69) is 51.1 Å². The third-order valence-corrected chi connectivity index (χ3v) is 2.94. The highest BCUT2D eigenvalue weighted by atomic mass is 32.2. The van der Waals surface area contributed by atoms with E-state index in [1.165, 1.54) is 11.0 Å². The van der Waals surface area contributed by atoms with Crippen LogP contribution in [0.4, 0.5) is 5.95 Å². The first-order valence-electron chi connectivity index (χ1n) is 6.02. The van der Waals surface area contributed by atoms with Gasteiger partial charge in [-0.3, -0.25) is 0 Å². The van der Waals surface area contributed by atoms with E-state index in [4.69, 9.17) is 0 Å². The molecule has 0 aliphatic heterocycles. The minimum Gasteiger partial charge on any atom is -0.354 e. The minimum atomic E-state index is 0.0322. The first-order valence-corrected chi connectivity index (χ1v) is 6.83. The maximum absolute atomic E-state index is 4.40. The van der Waals surface area contributed by atoms with Crippen LogP contribution in [0.5, 0.6) is 0 Å². The summed E-state index contributed by atoms with van der Waals surface area (Å²) in [7, 11) is 0. The summed E-state index contributed by atoms with van der Waals surface area (Å²) in [4.78, 5) is 17.0. The number of nitrogens with one attached hydrogen (secondary N) is 1. The predicted octanol–water partition coefficient (Wildman–Crippen LogP) is 1.77. The maximum Gasteiger partial charge on any atom is 0.257 e. The number of rotatable bonds is 4. The Balaban J connectivity index is 2.38. The summed E-state index contributed by atoms with van der Waals surface area (Å²) < 4.78 is 1.56. The zero-order valence-electron chi connectivity index (χ0n) is 11.5. The van der Waals surface area contributed by atoms with Crippen molar-refractivity contribution in [3.05, 3.63) is 12.7 Å². The summed E-state index contributed by atoms with van der Waals surface area (Å²) in [6.07, 6.45) is 3.02. The van der Waals surface area contributed by atoms with E-state index in [1.54, 1.807) is 18.1 Å². The summed E-state index contributed by atoms with van der Waals surface area (Å²) in [6.45, 7) is 9.09. The number of hydrogen-bond acceptors (Lipinski definition) is 7. The van der Waals surface area contributed by atoms with Crippen LogP contribution >= 0.6 is 11.8 Å². The molecule has 2 aromatic heterocycles. The molecule has 0 bridgehead atoms. The summed E-state index contributed by atoms with van der Waals surface area (Å²) in [5.74, 6) is 1.02. The van der Waals surface area contributed by atoms with Gasteiger partial charge in [0.15, 0.2) is 5.16 Å². The molecule has 0 radical (unpaired) electrons. The van der Waals surface area contributed by atoms with Crippen molar-refractivity contribution in [1.29, 1.82) is 0 Å². The van der Waals surface area contributed by atoms with Gasteiger partial charge < -0.3 is 5.32 Å². The lowest BCUT2D eigenvalue weighted by Crippen LogP contribution is -2.13. The van der Waals surface area contributed by atoms with Gasteiger partial charge in [0, 0.05) is 11.3 Å². The van der Waals surface area contributed by atoms with Gasteiger partial charge >= 0.3 is 0 Å². The van der Waals surface area contributed by atoms with Crippen molar-refractivity contribution in [2.45, 2.75) is 37.6 Å². The first-order chi connectivity index (χ1) is 8.98. The zero-order chi connectivity index (χ0) is 13.9. The second-order valence-corrected chi connectivity index (χ2v) is 6.62. The van der Waals surface area contributed by atoms with Crippen molar-refractivity contribution >= 4 is 17.7 Å². The fraction of sp³-hybridized carbons (Fsp3) is 0.545. The molecular weight excluding hydrogens is 262 g/mol. The molecule has 1 N–H and O–H groups in total. The molecule has 7 nitrogen and oxygen atoms in total. The van der Waals surface area contributed by atoms with Crippen LogP contribution in [-0.2, 0) is 0 Å². The van der Waals surface area contributed by atoms with E-state index < -0.39 is 0 Å². The Hall–Kier alpha value is -1.70. The summed E-state index contributed by atoms with van der Waals surface area (Å²) in [5.41, 5.74) is 0. The lowest BCUT2D eigenvalue weighted by Gasteiger charge is -2.16. The SMILES string of the molecule is CCNc1nc(SC(C)(C)C)nc(-n2cncn2)n1. The van der Waals surface area contributed by atoms with Crippen LogP contribution in [0.3, 0.4) is 0 Å². The summed E-state index contributed by atoms with van der Waals surface area (Å²) in [6, 6.07) is 0. The second kappa shape index (κ2) is 5.52. The standard InChI is InChI=1S/C11H17N7S/c1-5-13-8-15-9(18-7-12-6-14-18)17-10(16-8)19-11(2,3)4/h6-7H,5H2,1-4H3,(H,13,15,16,17). The van der Waals surface area contributed by atoms with Gasteiger partial charge in [0.1, 0.15) is 12.7 Å². The van der Waals surface area contributed by atoms with Crippen LogP contribution in [-0.4, -0.2) is 41.0 Å². The highest BCUT2D eigenvalue weighted by molar-refractivity contribution is 8.00. The lowest BCUT2D eigenvalue weighted by atomic mass is 10.3. The van der Waals surface area contributed by atoms with Gasteiger partial charge in [0.25, 0.3) is 5.95 Å². The van der Waals surface area contributed by atoms with Crippen molar-refractivity contribution in [2.75, 3.05) is 11.9 Å². The number of nitrogens with zero attached hydrogens (tertiary/aromatic N) is 6. The van der Waals surface area contributed by atoms with E-state index in [9.17, 15) is 0 Å². The van der Waals surface area contributed by atoms with Crippen LogP contribution in [0.2, 0.25) is 0 Å². The normalized spacial score (nSPS) is 11.6. The van der Waals surface area contributed by atoms with Crippen molar-refractivity contribution in [3.63, 3.8) is 0 Å². The van der Waals surface area contributed by atoms with Crippen molar-refractivity contribution in [3.8, 4) is 5.95 Å². The summed E-state index contributed by atoms with van der Waals surface area (Å²) in [5, 5.41) is 7.81. The van der Waals surface area contributed by atoms with Gasteiger partial charge in [-0.05, 0) is 6.92 Å². The largest absolute Gasteiger partial charge is 0.354 e. The molecule has 0 atom stereocenters. The highest BCUT2D eigenvalue weighted by Gasteiger charge is 2.17. The number of thioether (sulfide) groups is 1. The number of hydrogen-bond donors (Lipinski definition) is 1. The Morgan fingerprint density at radius 1 is 1.26 bits per heavy atom. The molecule has 0 unspecified atom stereocenters. The van der Waals surface area contributed by atoms with Crippen LogP contribution in [0, 0.1) is 0 Å². The molecule has 2 rings (SSSR count). The van der Waals surface area contributed by atoms with E-state index in [0.717, 1.165) is 6.54 Å². The third kappa shape index (κ3) is 3.88. The van der Waals surface area contributed by atoms with E-state index >= 15 is 0 Å². The molecule has 19 heavy (non-hydrogen) atoms. The lowest BCUT2D eigenvalue weighted by molar-refractivity contribution is 0.746. The zero-order valence-corrected chi connectivity index (χ0v) is 12.3. The predicted molar refractivity (Wildman–Crippen MR) is 74.5 cm³/mol. The van der Waals surface area contributed by atoms with Crippen LogP contribution in [0.1, 0.15) is 27.7 Å². The van der Waals surface area contributed by atoms with E-state index in [1.807, 2.05) is 6.92 Å². The Morgan fingerprint density at radius 2 is 2.05 bits per heavy atom. The third-order valence-electron chi connectivity index (χ3n) is 1.96. The van der Waals surface area contributed by atoms with Gasteiger partial charge in [-0.25, -0.2) is 4.98 Å². The molecule has 0 aliphatic rings. The number of aromatic nitrogens is 6. The Bertz CT molecular complexity index is 532. The molecule has 0 aromatic carbocycles. The topological polar surface area (TPSA) is 81.4 Å². The minimum absolute atomic E-state index is 0.0322. The molecule has 0 fully saturated rings. The fourth-order valence-electron chi connectivity index (χ4n) is 1.32. The van der Waals surface area contributed by atoms with Gasteiger partial charge in [0.2, 0.25) is 5.95 Å². The van der Waals surface area contributed by atoms with Crippen LogP contribution in [0.25, 0.3) is 5.95 Å². The molecule has 0 spiro atoms. The monoisotopic (exact) mass is 279 g/mol. The Labute approximate surface area is 116 Å². The van der Waals surface area contributed by atoms with Gasteiger partial charge in [-0.1, -0.05) is 32.5 Å². The smallest absolute Gasteiger partial charge is 0.257 e. The summed E-state index contributed by atoms with van der Waals surface area (Å²) >= 11 is 1.59. The molecule has 0 saturated carbocycles. The average Bonchev–Trinajstić information content (AvgIpc) is 2.79. The second-order valence-electron chi connectivity index (χ2n) is 4.83. The number of anilines is 1. The quantitative estimate of drug-likeness (QED) is 0.854. The Morgan fingerprint density at radius 3 is 2.63 bits per heavy atom.